The molecule has 0 saturated heterocycles. The van der Waals surface area contributed by atoms with E-state index in [1.54, 1.807) is 12.5 Å². The molecule has 0 spiro atoms. The number of hydrogen-bond donors (Lipinski definition) is 1. The van der Waals surface area contributed by atoms with Crippen LogP contribution in [0.5, 0.6) is 0 Å². The lowest BCUT2D eigenvalue weighted by Crippen LogP contribution is -2.15. The second kappa shape index (κ2) is 5.77. The number of furan rings is 1. The van der Waals surface area contributed by atoms with Crippen LogP contribution in [0.1, 0.15) is 5.56 Å². The lowest BCUT2D eigenvalue weighted by Gasteiger charge is -2.01. The summed E-state index contributed by atoms with van der Waals surface area (Å²) in [5.74, 6) is 1.05. The molecule has 0 aliphatic carbocycles. The third-order valence-electron chi connectivity index (χ3n) is 2.14. The molecule has 4 nitrogen and oxygen atoms in total. The molecule has 0 aromatic carbocycles. The van der Waals surface area contributed by atoms with Crippen molar-refractivity contribution in [1.82, 2.24) is 15.1 Å². The van der Waals surface area contributed by atoms with Gasteiger partial charge in [-0.3, -0.25) is 4.68 Å². The van der Waals surface area contributed by atoms with Crippen LogP contribution in [0.15, 0.2) is 40.3 Å². The molecular formula is C11H15N3OS. The minimum atomic E-state index is 0.865. The van der Waals surface area contributed by atoms with E-state index in [4.69, 9.17) is 4.42 Å². The summed E-state index contributed by atoms with van der Waals surface area (Å²) in [7, 11) is 1.93. The van der Waals surface area contributed by atoms with Gasteiger partial charge in [-0.25, -0.2) is 0 Å². The molecule has 0 radical (unpaired) electrons. The van der Waals surface area contributed by atoms with E-state index < -0.39 is 0 Å². The maximum atomic E-state index is 4.99. The minimum absolute atomic E-state index is 0.865. The Hall–Kier alpha value is -1.20. The molecule has 2 aromatic heterocycles. The van der Waals surface area contributed by atoms with Crippen LogP contribution in [-0.4, -0.2) is 22.1 Å². The molecule has 5 heteroatoms. The predicted octanol–water partition coefficient (Wildman–Crippen LogP) is 1.89. The summed E-state index contributed by atoms with van der Waals surface area (Å²) >= 11 is 1.81. The smallest absolute Gasteiger partial charge is 0.0947 e. The SMILES string of the molecule is Cn1cc(SCCNCc2ccoc2)cn1. The summed E-state index contributed by atoms with van der Waals surface area (Å²) in [6, 6.07) is 1.97. The molecule has 0 fully saturated rings. The van der Waals surface area contributed by atoms with E-state index in [2.05, 4.69) is 10.4 Å². The summed E-state index contributed by atoms with van der Waals surface area (Å²) < 4.78 is 6.81. The molecule has 0 unspecified atom stereocenters. The van der Waals surface area contributed by atoms with Gasteiger partial charge in [-0.15, -0.1) is 11.8 Å². The Morgan fingerprint density at radius 1 is 1.56 bits per heavy atom. The second-order valence-corrected chi connectivity index (χ2v) is 4.67. The molecule has 0 aliphatic rings. The molecule has 0 saturated carbocycles. The molecule has 0 amide bonds. The van der Waals surface area contributed by atoms with Crippen molar-refractivity contribution in [2.45, 2.75) is 11.4 Å². The van der Waals surface area contributed by atoms with Gasteiger partial charge in [0.05, 0.1) is 18.7 Å². The number of hydrogen-bond acceptors (Lipinski definition) is 4. The van der Waals surface area contributed by atoms with Crippen molar-refractivity contribution in [2.75, 3.05) is 12.3 Å². The number of aromatic nitrogens is 2. The maximum absolute atomic E-state index is 4.99. The first-order chi connectivity index (χ1) is 7.84. The monoisotopic (exact) mass is 237 g/mol. The van der Waals surface area contributed by atoms with Crippen molar-refractivity contribution in [3.8, 4) is 0 Å². The Morgan fingerprint density at radius 3 is 3.19 bits per heavy atom. The minimum Gasteiger partial charge on any atom is -0.472 e. The van der Waals surface area contributed by atoms with E-state index in [0.29, 0.717) is 0 Å². The zero-order valence-corrected chi connectivity index (χ0v) is 10.0. The van der Waals surface area contributed by atoms with Gasteiger partial charge in [0, 0.05) is 42.5 Å². The maximum Gasteiger partial charge on any atom is 0.0947 e. The fourth-order valence-corrected chi connectivity index (χ4v) is 2.17. The van der Waals surface area contributed by atoms with Gasteiger partial charge in [0.1, 0.15) is 0 Å². The predicted molar refractivity (Wildman–Crippen MR) is 64.3 cm³/mol. The number of nitrogens with zero attached hydrogens (tertiary/aromatic N) is 2. The summed E-state index contributed by atoms with van der Waals surface area (Å²) in [4.78, 5) is 1.22. The number of thioether (sulfide) groups is 1. The first kappa shape index (κ1) is 11.3. The summed E-state index contributed by atoms with van der Waals surface area (Å²) in [5.41, 5.74) is 1.19. The zero-order valence-electron chi connectivity index (χ0n) is 9.22. The van der Waals surface area contributed by atoms with Gasteiger partial charge in [0.25, 0.3) is 0 Å². The molecule has 2 rings (SSSR count). The summed E-state index contributed by atoms with van der Waals surface area (Å²) in [6.07, 6.45) is 7.38. The van der Waals surface area contributed by atoms with Gasteiger partial charge in [0.2, 0.25) is 0 Å². The van der Waals surface area contributed by atoms with E-state index in [1.807, 2.05) is 42.0 Å². The van der Waals surface area contributed by atoms with Gasteiger partial charge in [-0.2, -0.15) is 5.10 Å². The molecule has 2 heterocycles. The average molecular weight is 237 g/mol. The van der Waals surface area contributed by atoms with E-state index in [-0.39, 0.29) is 0 Å². The Morgan fingerprint density at radius 2 is 2.50 bits per heavy atom. The molecule has 2 aromatic rings. The average Bonchev–Trinajstić information content (AvgIpc) is 2.89. The van der Waals surface area contributed by atoms with Crippen LogP contribution in [0.25, 0.3) is 0 Å². The molecule has 0 bridgehead atoms. The molecule has 16 heavy (non-hydrogen) atoms. The standard InChI is InChI=1S/C11H15N3OS/c1-14-8-11(7-13-14)16-5-3-12-6-10-2-4-15-9-10/h2,4,7-9,12H,3,5-6H2,1H3. The highest BCUT2D eigenvalue weighted by atomic mass is 32.2. The van der Waals surface area contributed by atoms with Crippen molar-refractivity contribution < 1.29 is 4.42 Å². The Labute approximate surface area is 99.0 Å². The highest BCUT2D eigenvalue weighted by molar-refractivity contribution is 7.99. The summed E-state index contributed by atoms with van der Waals surface area (Å²) in [6.45, 7) is 1.84. The van der Waals surface area contributed by atoms with Crippen LogP contribution in [0, 0.1) is 0 Å². The van der Waals surface area contributed by atoms with Crippen LogP contribution >= 0.6 is 11.8 Å². The van der Waals surface area contributed by atoms with Crippen LogP contribution in [0.4, 0.5) is 0 Å². The van der Waals surface area contributed by atoms with Gasteiger partial charge < -0.3 is 9.73 Å². The number of rotatable bonds is 6. The zero-order chi connectivity index (χ0) is 11.2. The van der Waals surface area contributed by atoms with E-state index in [9.17, 15) is 0 Å². The van der Waals surface area contributed by atoms with Crippen LogP contribution < -0.4 is 5.32 Å². The third-order valence-corrected chi connectivity index (χ3v) is 3.09. The second-order valence-electron chi connectivity index (χ2n) is 3.51. The van der Waals surface area contributed by atoms with Crippen molar-refractivity contribution >= 4 is 11.8 Å². The van der Waals surface area contributed by atoms with E-state index in [1.165, 1.54) is 10.5 Å². The fourth-order valence-electron chi connectivity index (χ4n) is 1.34. The van der Waals surface area contributed by atoms with Crippen molar-refractivity contribution in [2.24, 2.45) is 7.05 Å². The van der Waals surface area contributed by atoms with Crippen molar-refractivity contribution in [3.05, 3.63) is 36.5 Å². The first-order valence-electron chi connectivity index (χ1n) is 5.18. The fraction of sp³-hybridized carbons (Fsp3) is 0.364. The van der Waals surface area contributed by atoms with Gasteiger partial charge >= 0.3 is 0 Å². The van der Waals surface area contributed by atoms with Crippen LogP contribution in [0.3, 0.4) is 0 Å². The van der Waals surface area contributed by atoms with Crippen molar-refractivity contribution in [3.63, 3.8) is 0 Å². The lowest BCUT2D eigenvalue weighted by atomic mass is 10.3. The molecule has 86 valence electrons. The Bertz CT molecular complexity index is 411. The molecular weight excluding hydrogens is 222 g/mol. The highest BCUT2D eigenvalue weighted by Crippen LogP contribution is 2.15. The molecule has 1 N–H and O–H groups in total. The third kappa shape index (κ3) is 3.43. The number of nitrogens with one attached hydrogen (secondary N) is 1. The van der Waals surface area contributed by atoms with Crippen molar-refractivity contribution in [1.29, 1.82) is 0 Å². The van der Waals surface area contributed by atoms with Crippen LogP contribution in [0.2, 0.25) is 0 Å². The summed E-state index contributed by atoms with van der Waals surface area (Å²) in [5, 5.41) is 7.48. The van der Waals surface area contributed by atoms with Gasteiger partial charge in [-0.1, -0.05) is 0 Å². The molecule has 0 atom stereocenters. The van der Waals surface area contributed by atoms with Gasteiger partial charge in [-0.05, 0) is 6.07 Å². The Kier molecular flexibility index (Phi) is 4.07. The van der Waals surface area contributed by atoms with Crippen LogP contribution in [-0.2, 0) is 13.6 Å². The Balaban J connectivity index is 1.59. The topological polar surface area (TPSA) is 43.0 Å². The molecule has 0 aliphatic heterocycles. The largest absolute Gasteiger partial charge is 0.472 e. The van der Waals surface area contributed by atoms with Gasteiger partial charge in [0.15, 0.2) is 0 Å². The van der Waals surface area contributed by atoms with E-state index in [0.717, 1.165) is 18.8 Å². The highest BCUT2D eigenvalue weighted by Gasteiger charge is 1.97. The lowest BCUT2D eigenvalue weighted by molar-refractivity contribution is 0.561. The normalized spacial score (nSPS) is 10.8. The first-order valence-corrected chi connectivity index (χ1v) is 6.16. The number of aryl methyl sites for hydroxylation is 1. The van der Waals surface area contributed by atoms with E-state index >= 15 is 0 Å². The quantitative estimate of drug-likeness (QED) is 0.615.